The second-order valence-electron chi connectivity index (χ2n) is 7.92. The lowest BCUT2D eigenvalue weighted by Gasteiger charge is -2.27. The van der Waals surface area contributed by atoms with Crippen LogP contribution in [0.1, 0.15) is 42.6 Å². The van der Waals surface area contributed by atoms with Crippen LogP contribution >= 0.6 is 15.9 Å². The smallest absolute Gasteiger partial charge is 0.224 e. The van der Waals surface area contributed by atoms with Gasteiger partial charge in [0.05, 0.1) is 5.69 Å². The van der Waals surface area contributed by atoms with Crippen LogP contribution in [-0.2, 0) is 11.2 Å². The van der Waals surface area contributed by atoms with Crippen LogP contribution in [0, 0.1) is 13.8 Å². The number of halogens is 1. The Morgan fingerprint density at radius 2 is 1.81 bits per heavy atom. The molecule has 2 aromatic heterocycles. The van der Waals surface area contributed by atoms with Crippen molar-refractivity contribution in [1.29, 1.82) is 0 Å². The zero-order chi connectivity index (χ0) is 21.8. The molecule has 4 rings (SSSR count). The molecule has 0 aliphatic carbocycles. The number of rotatable bonds is 6. The monoisotopic (exact) mass is 482 g/mol. The first-order valence-corrected chi connectivity index (χ1v) is 11.5. The van der Waals surface area contributed by atoms with Crippen molar-refractivity contribution in [2.24, 2.45) is 0 Å². The van der Waals surface area contributed by atoms with E-state index in [4.69, 9.17) is 0 Å². The number of hydrogen-bond donors (Lipinski definition) is 1. The molecular weight excluding hydrogens is 456 g/mol. The zero-order valence-electron chi connectivity index (χ0n) is 17.9. The number of carbonyl (C=O) groups is 1. The summed E-state index contributed by atoms with van der Waals surface area (Å²) in [5.41, 5.74) is 3.77. The highest BCUT2D eigenvalue weighted by Gasteiger charge is 2.17. The van der Waals surface area contributed by atoms with Crippen LogP contribution in [0.4, 0.5) is 11.5 Å². The molecule has 0 atom stereocenters. The van der Waals surface area contributed by atoms with Crippen LogP contribution in [0.15, 0.2) is 40.9 Å². The number of nitrogens with zero attached hydrogens (tertiary/aromatic N) is 5. The van der Waals surface area contributed by atoms with Gasteiger partial charge in [-0.3, -0.25) is 4.79 Å². The summed E-state index contributed by atoms with van der Waals surface area (Å²) in [6, 6.07) is 11.6. The minimum Gasteiger partial charge on any atom is -0.355 e. The average Bonchev–Trinajstić information content (AvgIpc) is 3.06. The summed E-state index contributed by atoms with van der Waals surface area (Å²) in [5, 5.41) is 16.5. The van der Waals surface area contributed by atoms with Gasteiger partial charge in [0.1, 0.15) is 0 Å². The molecule has 0 saturated carbocycles. The van der Waals surface area contributed by atoms with Gasteiger partial charge in [0, 0.05) is 35.4 Å². The molecule has 0 unspecified atom stereocenters. The van der Waals surface area contributed by atoms with Crippen LogP contribution in [0.3, 0.4) is 0 Å². The van der Waals surface area contributed by atoms with E-state index in [1.54, 1.807) is 0 Å². The Labute approximate surface area is 191 Å². The summed E-state index contributed by atoms with van der Waals surface area (Å²) in [7, 11) is 0. The Bertz CT molecular complexity index is 1060. The van der Waals surface area contributed by atoms with Gasteiger partial charge < -0.3 is 10.2 Å². The molecule has 31 heavy (non-hydrogen) atoms. The first-order valence-electron chi connectivity index (χ1n) is 10.7. The predicted molar refractivity (Wildman–Crippen MR) is 126 cm³/mol. The first kappa shape index (κ1) is 21.5. The van der Waals surface area contributed by atoms with Crippen LogP contribution < -0.4 is 10.2 Å². The van der Waals surface area contributed by atoms with E-state index in [-0.39, 0.29) is 5.91 Å². The molecule has 8 heteroatoms. The Morgan fingerprint density at radius 1 is 1.06 bits per heavy atom. The van der Waals surface area contributed by atoms with Crippen LogP contribution in [0.25, 0.3) is 5.82 Å². The van der Waals surface area contributed by atoms with Gasteiger partial charge in [0.25, 0.3) is 0 Å². The molecule has 3 aromatic rings. The third kappa shape index (κ3) is 5.12. The number of anilines is 2. The molecule has 1 aromatic carbocycles. The second-order valence-corrected chi connectivity index (χ2v) is 8.83. The van der Waals surface area contributed by atoms with Crippen molar-refractivity contribution in [1.82, 2.24) is 20.0 Å². The van der Waals surface area contributed by atoms with Crippen molar-refractivity contribution in [2.45, 2.75) is 46.0 Å². The number of benzene rings is 1. The highest BCUT2D eigenvalue weighted by molar-refractivity contribution is 9.10. The van der Waals surface area contributed by atoms with E-state index in [2.05, 4.69) is 41.4 Å². The summed E-state index contributed by atoms with van der Waals surface area (Å²) in [4.78, 5) is 14.7. The van der Waals surface area contributed by atoms with Gasteiger partial charge in [0.2, 0.25) is 5.91 Å². The van der Waals surface area contributed by atoms with Crippen molar-refractivity contribution in [3.63, 3.8) is 0 Å². The van der Waals surface area contributed by atoms with Gasteiger partial charge in [-0.2, -0.15) is 5.10 Å². The summed E-state index contributed by atoms with van der Waals surface area (Å²) in [6.07, 6.45) is 4.71. The van der Waals surface area contributed by atoms with E-state index < -0.39 is 0 Å². The van der Waals surface area contributed by atoms with Crippen molar-refractivity contribution in [3.8, 4) is 5.82 Å². The number of aromatic nitrogens is 4. The average molecular weight is 483 g/mol. The molecule has 0 bridgehead atoms. The Hall–Kier alpha value is -2.74. The maximum atomic E-state index is 12.4. The molecule has 0 radical (unpaired) electrons. The van der Waals surface area contributed by atoms with Crippen molar-refractivity contribution < 1.29 is 4.79 Å². The van der Waals surface area contributed by atoms with Crippen molar-refractivity contribution >= 4 is 33.3 Å². The van der Waals surface area contributed by atoms with Gasteiger partial charge in [-0.05, 0) is 75.4 Å². The van der Waals surface area contributed by atoms with E-state index in [9.17, 15) is 4.79 Å². The molecule has 1 amide bonds. The third-order valence-electron chi connectivity index (χ3n) is 5.69. The first-order chi connectivity index (χ1) is 15.0. The topological polar surface area (TPSA) is 75.9 Å². The van der Waals surface area contributed by atoms with E-state index in [0.29, 0.717) is 18.7 Å². The van der Waals surface area contributed by atoms with Gasteiger partial charge in [0.15, 0.2) is 11.6 Å². The number of hydrogen-bond acceptors (Lipinski definition) is 5. The van der Waals surface area contributed by atoms with Crippen molar-refractivity contribution in [2.75, 3.05) is 23.3 Å². The number of amides is 1. The number of piperidine rings is 1. The molecular formula is C23H27BrN6O. The highest BCUT2D eigenvalue weighted by Crippen LogP contribution is 2.21. The SMILES string of the molecule is Cc1nn(-c2ccc(N3CCCCC3)nn2)c(C)c1CCC(=O)Nc1cccc(Br)c1. The fourth-order valence-electron chi connectivity index (χ4n) is 4.01. The predicted octanol–water partition coefficient (Wildman–Crippen LogP) is 4.60. The lowest BCUT2D eigenvalue weighted by atomic mass is 10.1. The van der Waals surface area contributed by atoms with Gasteiger partial charge in [-0.25, -0.2) is 4.68 Å². The summed E-state index contributed by atoms with van der Waals surface area (Å²) < 4.78 is 2.76. The molecule has 3 heterocycles. The summed E-state index contributed by atoms with van der Waals surface area (Å²) in [5.74, 6) is 1.61. The lowest BCUT2D eigenvalue weighted by molar-refractivity contribution is -0.116. The van der Waals surface area contributed by atoms with Crippen LogP contribution in [0.2, 0.25) is 0 Å². The minimum absolute atomic E-state index is 0.0182. The maximum Gasteiger partial charge on any atom is 0.224 e. The van der Waals surface area contributed by atoms with Gasteiger partial charge >= 0.3 is 0 Å². The molecule has 1 aliphatic heterocycles. The van der Waals surface area contributed by atoms with Crippen LogP contribution in [-0.4, -0.2) is 39.0 Å². The summed E-state index contributed by atoms with van der Waals surface area (Å²) >= 11 is 3.42. The third-order valence-corrected chi connectivity index (χ3v) is 6.18. The Morgan fingerprint density at radius 3 is 2.52 bits per heavy atom. The summed E-state index contributed by atoms with van der Waals surface area (Å²) in [6.45, 7) is 6.07. The van der Waals surface area contributed by atoms with E-state index in [1.807, 2.05) is 54.9 Å². The zero-order valence-corrected chi connectivity index (χ0v) is 19.5. The number of carbonyl (C=O) groups excluding carboxylic acids is 1. The highest BCUT2D eigenvalue weighted by atomic mass is 79.9. The Balaban J connectivity index is 1.42. The van der Waals surface area contributed by atoms with E-state index in [1.165, 1.54) is 19.3 Å². The minimum atomic E-state index is -0.0182. The Kier molecular flexibility index (Phi) is 6.65. The molecule has 1 fully saturated rings. The lowest BCUT2D eigenvalue weighted by Crippen LogP contribution is -2.30. The quantitative estimate of drug-likeness (QED) is 0.555. The molecule has 1 aliphatic rings. The molecule has 7 nitrogen and oxygen atoms in total. The van der Waals surface area contributed by atoms with Crippen LogP contribution in [0.5, 0.6) is 0 Å². The fourth-order valence-corrected chi connectivity index (χ4v) is 4.41. The fraction of sp³-hybridized carbons (Fsp3) is 0.391. The molecule has 162 valence electrons. The second kappa shape index (κ2) is 9.60. The van der Waals surface area contributed by atoms with E-state index in [0.717, 1.165) is 46.0 Å². The van der Waals surface area contributed by atoms with Gasteiger partial charge in [-0.1, -0.05) is 22.0 Å². The molecule has 1 saturated heterocycles. The largest absolute Gasteiger partial charge is 0.355 e. The van der Waals surface area contributed by atoms with Gasteiger partial charge in [-0.15, -0.1) is 10.2 Å². The number of nitrogens with one attached hydrogen (secondary N) is 1. The van der Waals surface area contributed by atoms with E-state index >= 15 is 0 Å². The normalized spacial score (nSPS) is 14.0. The standard InChI is InChI=1S/C23H27BrN6O/c1-16-20(9-12-23(31)25-19-8-6-7-18(24)15-19)17(2)30(28-16)22-11-10-21(26-27-22)29-13-4-3-5-14-29/h6-8,10-11,15H,3-5,9,12-14H2,1-2H3,(H,25,31). The number of aryl methyl sites for hydroxylation is 1. The maximum absolute atomic E-state index is 12.4. The van der Waals surface area contributed by atoms with Crippen molar-refractivity contribution in [3.05, 3.63) is 57.8 Å². The molecule has 1 N–H and O–H groups in total. The molecule has 0 spiro atoms.